The van der Waals surface area contributed by atoms with Gasteiger partial charge in [-0.3, -0.25) is 0 Å². The Kier molecular flexibility index (Phi) is 4.24. The molecule has 2 aromatic rings. The first kappa shape index (κ1) is 15.4. The number of phenolic OH excluding ortho intramolecular Hbond substituents is 1. The van der Waals surface area contributed by atoms with Crippen LogP contribution < -0.4 is 5.32 Å². The van der Waals surface area contributed by atoms with E-state index >= 15 is 0 Å². The number of nitrogens with one attached hydrogen (secondary N) is 1. The number of hydrogen-bond acceptors (Lipinski definition) is 5. The number of furan rings is 1. The van der Waals surface area contributed by atoms with Crippen molar-refractivity contribution in [1.29, 1.82) is 0 Å². The molecule has 0 aliphatic heterocycles. The average molecular weight is 310 g/mol. The minimum Gasteiger partial charge on any atom is -0.508 e. The fourth-order valence-electron chi connectivity index (χ4n) is 1.73. The smallest absolute Gasteiger partial charge is 0.275 e. The Balaban J connectivity index is 2.08. The van der Waals surface area contributed by atoms with Gasteiger partial charge in [-0.25, -0.2) is 12.7 Å². The Bertz CT molecular complexity index is 735. The monoisotopic (exact) mass is 310 g/mol. The second-order valence-electron chi connectivity index (χ2n) is 4.86. The van der Waals surface area contributed by atoms with Gasteiger partial charge in [-0.2, -0.15) is 0 Å². The van der Waals surface area contributed by atoms with Gasteiger partial charge in [-0.1, -0.05) is 0 Å². The van der Waals surface area contributed by atoms with Gasteiger partial charge >= 0.3 is 0 Å². The molecule has 0 amide bonds. The summed E-state index contributed by atoms with van der Waals surface area (Å²) in [5, 5.41) is 12.5. The van der Waals surface area contributed by atoms with Gasteiger partial charge in [-0.05, 0) is 42.8 Å². The third-order valence-corrected chi connectivity index (χ3v) is 4.72. The lowest BCUT2D eigenvalue weighted by Crippen LogP contribution is -2.21. The number of hydrogen-bond donors (Lipinski definition) is 2. The Morgan fingerprint density at radius 2 is 1.95 bits per heavy atom. The third-order valence-electron chi connectivity index (χ3n) is 3.04. The maximum absolute atomic E-state index is 11.9. The minimum atomic E-state index is -3.55. The first-order chi connectivity index (χ1) is 9.80. The van der Waals surface area contributed by atoms with Crippen LogP contribution in [-0.4, -0.2) is 31.9 Å². The van der Waals surface area contributed by atoms with E-state index in [9.17, 15) is 13.5 Å². The largest absolute Gasteiger partial charge is 0.508 e. The van der Waals surface area contributed by atoms with Crippen LogP contribution in [0, 0.1) is 6.92 Å². The van der Waals surface area contributed by atoms with Crippen LogP contribution in [0.5, 0.6) is 5.75 Å². The average Bonchev–Trinajstić information content (AvgIpc) is 2.89. The molecule has 114 valence electrons. The summed E-state index contributed by atoms with van der Waals surface area (Å²) in [6, 6.07) is 8.20. The van der Waals surface area contributed by atoms with E-state index in [0.717, 1.165) is 15.6 Å². The van der Waals surface area contributed by atoms with Crippen molar-refractivity contribution in [3.05, 3.63) is 41.7 Å². The highest BCUT2D eigenvalue weighted by atomic mass is 32.2. The Morgan fingerprint density at radius 1 is 1.24 bits per heavy atom. The molecule has 2 N–H and O–H groups in total. The van der Waals surface area contributed by atoms with Crippen LogP contribution in [0.15, 0.2) is 39.8 Å². The van der Waals surface area contributed by atoms with E-state index in [1.54, 1.807) is 31.2 Å². The number of rotatable bonds is 5. The van der Waals surface area contributed by atoms with Crippen molar-refractivity contribution in [3.63, 3.8) is 0 Å². The summed E-state index contributed by atoms with van der Waals surface area (Å²) in [6.45, 7) is 2.16. The first-order valence-corrected chi connectivity index (χ1v) is 7.79. The molecule has 0 atom stereocenters. The predicted molar refractivity (Wildman–Crippen MR) is 79.8 cm³/mol. The summed E-state index contributed by atoms with van der Waals surface area (Å²) >= 11 is 0. The maximum Gasteiger partial charge on any atom is 0.275 e. The van der Waals surface area contributed by atoms with Crippen molar-refractivity contribution in [2.45, 2.75) is 18.6 Å². The van der Waals surface area contributed by atoms with Gasteiger partial charge in [0.05, 0.1) is 6.54 Å². The van der Waals surface area contributed by atoms with Gasteiger partial charge in [0, 0.05) is 19.8 Å². The van der Waals surface area contributed by atoms with Crippen molar-refractivity contribution in [3.8, 4) is 5.75 Å². The van der Waals surface area contributed by atoms with Crippen LogP contribution in [0.2, 0.25) is 0 Å². The molecule has 0 spiro atoms. The van der Waals surface area contributed by atoms with E-state index in [1.807, 2.05) is 0 Å². The zero-order chi connectivity index (χ0) is 15.6. The molecule has 7 heteroatoms. The molecule has 0 fully saturated rings. The summed E-state index contributed by atoms with van der Waals surface area (Å²) < 4.78 is 30.2. The summed E-state index contributed by atoms with van der Waals surface area (Å²) in [5.41, 5.74) is 1.58. The van der Waals surface area contributed by atoms with Crippen molar-refractivity contribution < 1.29 is 17.9 Å². The summed E-state index contributed by atoms with van der Waals surface area (Å²) in [7, 11) is -0.639. The van der Waals surface area contributed by atoms with Crippen molar-refractivity contribution in [2.24, 2.45) is 0 Å². The summed E-state index contributed by atoms with van der Waals surface area (Å²) in [6.07, 6.45) is 0. The number of nitrogens with zero attached hydrogens (tertiary/aromatic N) is 1. The molecule has 0 bridgehead atoms. The summed E-state index contributed by atoms with van der Waals surface area (Å²) in [5.74, 6) is 0.749. The van der Waals surface area contributed by atoms with Gasteiger partial charge in [0.1, 0.15) is 11.5 Å². The van der Waals surface area contributed by atoms with Crippen molar-refractivity contribution in [1.82, 2.24) is 4.31 Å². The molecule has 0 aliphatic rings. The molecule has 21 heavy (non-hydrogen) atoms. The second kappa shape index (κ2) is 5.79. The number of aromatic hydroxyl groups is 1. The number of sulfonamides is 1. The molecule has 0 saturated carbocycles. The van der Waals surface area contributed by atoms with Gasteiger partial charge in [0.15, 0.2) is 0 Å². The molecule has 1 aromatic carbocycles. The van der Waals surface area contributed by atoms with Crippen LogP contribution >= 0.6 is 0 Å². The molecule has 6 nitrogen and oxygen atoms in total. The van der Waals surface area contributed by atoms with E-state index < -0.39 is 10.0 Å². The van der Waals surface area contributed by atoms with E-state index in [2.05, 4.69) is 5.32 Å². The van der Waals surface area contributed by atoms with E-state index in [0.29, 0.717) is 12.3 Å². The molecule has 0 unspecified atom stereocenters. The zero-order valence-electron chi connectivity index (χ0n) is 12.1. The van der Waals surface area contributed by atoms with Crippen LogP contribution in [0.4, 0.5) is 5.69 Å². The third kappa shape index (κ3) is 3.37. The van der Waals surface area contributed by atoms with Gasteiger partial charge in [0.25, 0.3) is 10.0 Å². The Morgan fingerprint density at radius 3 is 2.57 bits per heavy atom. The molecular weight excluding hydrogens is 292 g/mol. The molecule has 0 saturated heterocycles. The Labute approximate surface area is 124 Å². The molecule has 1 aromatic heterocycles. The zero-order valence-corrected chi connectivity index (χ0v) is 12.9. The van der Waals surface area contributed by atoms with Gasteiger partial charge in [-0.15, -0.1) is 0 Å². The molecule has 0 radical (unpaired) electrons. The van der Waals surface area contributed by atoms with E-state index in [1.165, 1.54) is 20.2 Å². The number of anilines is 1. The van der Waals surface area contributed by atoms with Gasteiger partial charge in [0.2, 0.25) is 5.09 Å². The van der Waals surface area contributed by atoms with Crippen molar-refractivity contribution in [2.75, 3.05) is 19.4 Å². The molecular formula is C14H18N2O4S. The molecule has 1 heterocycles. The highest BCUT2D eigenvalue weighted by Crippen LogP contribution is 2.22. The van der Waals surface area contributed by atoms with Crippen LogP contribution in [0.1, 0.15) is 11.3 Å². The van der Waals surface area contributed by atoms with Gasteiger partial charge < -0.3 is 14.8 Å². The second-order valence-corrected chi connectivity index (χ2v) is 6.95. The highest BCUT2D eigenvalue weighted by Gasteiger charge is 2.21. The lowest BCUT2D eigenvalue weighted by molar-refractivity contribution is 0.402. The lowest BCUT2D eigenvalue weighted by Gasteiger charge is -2.08. The Hall–Kier alpha value is -1.99. The fourth-order valence-corrected chi connectivity index (χ4v) is 2.54. The topological polar surface area (TPSA) is 82.8 Å². The minimum absolute atomic E-state index is 0.0776. The van der Waals surface area contributed by atoms with Crippen molar-refractivity contribution >= 4 is 15.7 Å². The number of benzene rings is 1. The van der Waals surface area contributed by atoms with E-state index in [-0.39, 0.29) is 10.8 Å². The predicted octanol–water partition coefficient (Wildman–Crippen LogP) is 2.16. The SMILES string of the molecule is Cc1cc(NCc2ccc(S(=O)(=O)N(C)C)o2)ccc1O. The van der Waals surface area contributed by atoms with Crippen LogP contribution in [0.25, 0.3) is 0 Å². The first-order valence-electron chi connectivity index (χ1n) is 6.35. The standard InChI is InChI=1S/C14H18N2O4S/c1-10-8-11(4-6-13(10)17)15-9-12-5-7-14(20-12)21(18,19)16(2)3/h4-8,15,17H,9H2,1-3H3. The maximum atomic E-state index is 11.9. The summed E-state index contributed by atoms with van der Waals surface area (Å²) in [4.78, 5) is 0. The van der Waals surface area contributed by atoms with Crippen LogP contribution in [0.3, 0.4) is 0 Å². The molecule has 0 aliphatic carbocycles. The van der Waals surface area contributed by atoms with Crippen LogP contribution in [-0.2, 0) is 16.6 Å². The number of aryl methyl sites for hydroxylation is 1. The number of phenols is 1. The normalized spacial score (nSPS) is 11.8. The quantitative estimate of drug-likeness (QED) is 0.827. The molecule has 2 rings (SSSR count). The van der Waals surface area contributed by atoms with E-state index in [4.69, 9.17) is 4.42 Å². The highest BCUT2D eigenvalue weighted by molar-refractivity contribution is 7.88. The lowest BCUT2D eigenvalue weighted by atomic mass is 10.2. The fraction of sp³-hybridized carbons (Fsp3) is 0.286.